The van der Waals surface area contributed by atoms with Crippen LogP contribution in [0.25, 0.3) is 44.0 Å². The first-order valence-electron chi connectivity index (χ1n) is 10.6. The zero-order chi connectivity index (χ0) is 25.0. The molecule has 0 spiro atoms. The molecule has 176 valence electrons. The van der Waals surface area contributed by atoms with E-state index >= 15 is 0 Å². The summed E-state index contributed by atoms with van der Waals surface area (Å²) in [5, 5.41) is 2.67. The SMILES string of the molecule is O=C(Oc1ccc2c(-c3cc4cc(Cl)ccc4oc3=O)cc(=O)oc2c1)c1cc2cc(Cl)ccc2o1. The minimum atomic E-state index is -0.743. The fraction of sp³-hybridized carbons (Fsp3) is 0. The maximum Gasteiger partial charge on any atom is 0.379 e. The Morgan fingerprint density at radius 2 is 1.36 bits per heavy atom. The van der Waals surface area contributed by atoms with Gasteiger partial charge < -0.3 is 18.0 Å². The lowest BCUT2D eigenvalue weighted by Crippen LogP contribution is -2.08. The molecule has 0 unspecified atom stereocenters. The Labute approximate surface area is 211 Å². The fourth-order valence-electron chi connectivity index (χ4n) is 3.98. The predicted octanol–water partition coefficient (Wildman–Crippen LogP) is 6.84. The Morgan fingerprint density at radius 1 is 0.667 bits per heavy atom. The second-order valence-electron chi connectivity index (χ2n) is 7.95. The van der Waals surface area contributed by atoms with Gasteiger partial charge >= 0.3 is 17.2 Å². The highest BCUT2D eigenvalue weighted by Gasteiger charge is 2.18. The molecule has 9 heteroatoms. The number of carbonyl (C=O) groups excluding carboxylic acids is 1. The van der Waals surface area contributed by atoms with E-state index in [1.807, 2.05) is 0 Å². The number of carbonyl (C=O) groups is 1. The fourth-order valence-corrected chi connectivity index (χ4v) is 4.34. The third-order valence-corrected chi connectivity index (χ3v) is 6.06. The molecule has 7 nitrogen and oxygen atoms in total. The number of hydrogen-bond donors (Lipinski definition) is 0. The predicted molar refractivity (Wildman–Crippen MR) is 135 cm³/mol. The molecular formula is C27H12Cl2O7. The molecule has 36 heavy (non-hydrogen) atoms. The highest BCUT2D eigenvalue weighted by molar-refractivity contribution is 6.31. The average Bonchev–Trinajstić information content (AvgIpc) is 3.26. The molecule has 0 saturated heterocycles. The van der Waals surface area contributed by atoms with Gasteiger partial charge in [0.2, 0.25) is 5.76 Å². The van der Waals surface area contributed by atoms with Crippen molar-refractivity contribution in [3.63, 3.8) is 0 Å². The van der Waals surface area contributed by atoms with Crippen LogP contribution in [0.5, 0.6) is 5.75 Å². The second kappa shape index (κ2) is 8.41. The lowest BCUT2D eigenvalue weighted by Gasteiger charge is -2.08. The van der Waals surface area contributed by atoms with E-state index in [9.17, 15) is 14.4 Å². The molecule has 6 rings (SSSR count). The van der Waals surface area contributed by atoms with Crippen molar-refractivity contribution in [1.29, 1.82) is 0 Å². The van der Waals surface area contributed by atoms with E-state index in [2.05, 4.69) is 0 Å². The Balaban J connectivity index is 1.40. The molecule has 0 radical (unpaired) electrons. The van der Waals surface area contributed by atoms with Crippen molar-refractivity contribution in [3.8, 4) is 16.9 Å². The monoisotopic (exact) mass is 518 g/mol. The number of esters is 1. The van der Waals surface area contributed by atoms with E-state index in [1.165, 1.54) is 24.3 Å². The molecule has 6 aromatic rings. The number of furan rings is 1. The molecule has 3 aromatic carbocycles. The second-order valence-corrected chi connectivity index (χ2v) is 8.82. The first-order valence-corrected chi connectivity index (χ1v) is 11.3. The minimum absolute atomic E-state index is 0.0185. The van der Waals surface area contributed by atoms with Crippen molar-refractivity contribution in [1.82, 2.24) is 0 Å². The number of rotatable bonds is 3. The van der Waals surface area contributed by atoms with Gasteiger partial charge in [0.1, 0.15) is 22.5 Å². The number of hydrogen-bond acceptors (Lipinski definition) is 7. The highest BCUT2D eigenvalue weighted by atomic mass is 35.5. The zero-order valence-corrected chi connectivity index (χ0v) is 19.6. The third-order valence-electron chi connectivity index (χ3n) is 5.59. The smallest absolute Gasteiger partial charge is 0.379 e. The quantitative estimate of drug-likeness (QED) is 0.143. The van der Waals surface area contributed by atoms with Crippen LogP contribution in [0, 0.1) is 0 Å². The summed E-state index contributed by atoms with van der Waals surface area (Å²) in [5.41, 5.74) is 0.110. The van der Waals surface area contributed by atoms with E-state index in [1.54, 1.807) is 48.5 Å². The van der Waals surface area contributed by atoms with E-state index in [4.69, 9.17) is 41.2 Å². The van der Waals surface area contributed by atoms with Gasteiger partial charge in [0.15, 0.2) is 0 Å². The molecule has 0 aliphatic carbocycles. The summed E-state index contributed by atoms with van der Waals surface area (Å²) in [6, 6.07) is 18.6. The molecule has 0 bridgehead atoms. The summed E-state index contributed by atoms with van der Waals surface area (Å²) in [5.74, 6) is -0.647. The van der Waals surface area contributed by atoms with Gasteiger partial charge in [0.05, 0.1) is 5.56 Å². The first kappa shape index (κ1) is 22.2. The van der Waals surface area contributed by atoms with Crippen LogP contribution >= 0.6 is 23.2 Å². The summed E-state index contributed by atoms with van der Waals surface area (Å²) < 4.78 is 21.7. The largest absolute Gasteiger partial charge is 0.449 e. The van der Waals surface area contributed by atoms with Crippen LogP contribution in [0.1, 0.15) is 10.6 Å². The van der Waals surface area contributed by atoms with Gasteiger partial charge in [0, 0.05) is 43.9 Å². The summed E-state index contributed by atoms with van der Waals surface area (Å²) >= 11 is 12.1. The van der Waals surface area contributed by atoms with Gasteiger partial charge in [-0.2, -0.15) is 0 Å². The molecule has 3 heterocycles. The van der Waals surface area contributed by atoms with Gasteiger partial charge in [-0.3, -0.25) is 0 Å². The summed E-state index contributed by atoms with van der Waals surface area (Å²) in [6.07, 6.45) is 0. The minimum Gasteiger partial charge on any atom is -0.449 e. The lowest BCUT2D eigenvalue weighted by molar-refractivity contribution is 0.0704. The van der Waals surface area contributed by atoms with Crippen LogP contribution in [-0.4, -0.2) is 5.97 Å². The third kappa shape index (κ3) is 3.94. The Kier molecular flexibility index (Phi) is 5.17. The van der Waals surface area contributed by atoms with Crippen LogP contribution in [0.4, 0.5) is 0 Å². The molecular weight excluding hydrogens is 507 g/mol. The highest BCUT2D eigenvalue weighted by Crippen LogP contribution is 2.31. The maximum atomic E-state index is 12.7. The number of halogens is 2. The van der Waals surface area contributed by atoms with Gasteiger partial charge in [-0.15, -0.1) is 0 Å². The van der Waals surface area contributed by atoms with Crippen LogP contribution < -0.4 is 16.0 Å². The molecule has 0 saturated carbocycles. The van der Waals surface area contributed by atoms with E-state index in [0.29, 0.717) is 42.9 Å². The molecule has 0 aliphatic heterocycles. The van der Waals surface area contributed by atoms with Gasteiger partial charge in [-0.1, -0.05) is 23.2 Å². The van der Waals surface area contributed by atoms with Gasteiger partial charge in [-0.05, 0) is 60.7 Å². The van der Waals surface area contributed by atoms with Crippen molar-refractivity contribution >= 4 is 62.1 Å². The molecule has 0 fully saturated rings. The normalized spacial score (nSPS) is 11.4. The Hall–Kier alpha value is -4.33. The van der Waals surface area contributed by atoms with Crippen LogP contribution in [0.2, 0.25) is 10.0 Å². The van der Waals surface area contributed by atoms with Crippen molar-refractivity contribution in [2.75, 3.05) is 0 Å². The average molecular weight is 519 g/mol. The van der Waals surface area contributed by atoms with E-state index < -0.39 is 17.2 Å². The molecule has 0 N–H and O–H groups in total. The molecule has 0 amide bonds. The van der Waals surface area contributed by atoms with Crippen molar-refractivity contribution in [3.05, 3.63) is 109 Å². The maximum absolute atomic E-state index is 12.7. The summed E-state index contributed by atoms with van der Waals surface area (Å²) in [4.78, 5) is 37.7. The van der Waals surface area contributed by atoms with E-state index in [0.717, 1.165) is 0 Å². The number of fused-ring (bicyclic) bond motifs is 3. The van der Waals surface area contributed by atoms with Gasteiger partial charge in [0.25, 0.3) is 0 Å². The standard InChI is InChI=1S/C27H12Cl2O7/c28-15-2-6-22-13(7-15)9-20(26(31)36-22)19-12-25(30)35-23-11-17(3-4-18(19)23)33-27(32)24-10-14-8-16(29)1-5-21(14)34-24/h1-12H. The number of benzene rings is 3. The molecule has 0 atom stereocenters. The van der Waals surface area contributed by atoms with Crippen LogP contribution in [0.15, 0.2) is 95.6 Å². The van der Waals surface area contributed by atoms with E-state index in [-0.39, 0.29) is 22.7 Å². The Morgan fingerprint density at radius 3 is 2.11 bits per heavy atom. The summed E-state index contributed by atoms with van der Waals surface area (Å²) in [6.45, 7) is 0. The van der Waals surface area contributed by atoms with Crippen molar-refractivity contribution in [2.45, 2.75) is 0 Å². The Bertz CT molecular complexity index is 1960. The van der Waals surface area contributed by atoms with Crippen LogP contribution in [-0.2, 0) is 0 Å². The van der Waals surface area contributed by atoms with Crippen LogP contribution in [0.3, 0.4) is 0 Å². The topological polar surface area (TPSA) is 99.9 Å². The zero-order valence-electron chi connectivity index (χ0n) is 18.0. The van der Waals surface area contributed by atoms with Crippen molar-refractivity contribution in [2.24, 2.45) is 0 Å². The van der Waals surface area contributed by atoms with Crippen molar-refractivity contribution < 1.29 is 22.8 Å². The van der Waals surface area contributed by atoms with Gasteiger partial charge in [-0.25, -0.2) is 14.4 Å². The molecule has 3 aromatic heterocycles. The lowest BCUT2D eigenvalue weighted by atomic mass is 10.0. The molecule has 0 aliphatic rings. The first-order chi connectivity index (χ1) is 17.3. The number of ether oxygens (including phenoxy) is 1. The summed E-state index contributed by atoms with van der Waals surface area (Å²) in [7, 11) is 0.